The molecule has 1 aliphatic heterocycles. The molecule has 0 aliphatic carbocycles. The van der Waals surface area contributed by atoms with Gasteiger partial charge in [0, 0.05) is 6.92 Å². The minimum atomic E-state index is -1.33. The van der Waals surface area contributed by atoms with E-state index in [1.54, 1.807) is 13.8 Å². The van der Waals surface area contributed by atoms with Gasteiger partial charge in [0.25, 0.3) is 0 Å². The highest BCUT2D eigenvalue weighted by molar-refractivity contribution is 5.73. The highest BCUT2D eigenvalue weighted by Crippen LogP contribution is 2.23. The summed E-state index contributed by atoms with van der Waals surface area (Å²) >= 11 is 0. The van der Waals surface area contributed by atoms with Crippen LogP contribution in [-0.4, -0.2) is 64.6 Å². The van der Waals surface area contributed by atoms with Gasteiger partial charge in [-0.3, -0.25) is 4.79 Å². The maximum absolute atomic E-state index is 11.1. The third kappa shape index (κ3) is 3.63. The van der Waals surface area contributed by atoms with Crippen LogP contribution in [0.5, 0.6) is 0 Å². The zero-order valence-electron chi connectivity index (χ0n) is 10.7. The summed E-state index contributed by atoms with van der Waals surface area (Å²) in [5, 5.41) is 31.3. The molecule has 1 aliphatic rings. The summed E-state index contributed by atoms with van der Waals surface area (Å²) in [4.78, 5) is 11.1. The van der Waals surface area contributed by atoms with Crippen molar-refractivity contribution in [3.8, 4) is 0 Å². The van der Waals surface area contributed by atoms with Gasteiger partial charge in [-0.1, -0.05) is 0 Å². The number of amides is 1. The summed E-state index contributed by atoms with van der Waals surface area (Å²) in [6, 6.07) is -0.873. The number of aliphatic hydroxyl groups excluding tert-OH is 3. The van der Waals surface area contributed by atoms with Crippen molar-refractivity contribution in [3.05, 3.63) is 0 Å². The van der Waals surface area contributed by atoms with E-state index in [2.05, 4.69) is 5.32 Å². The highest BCUT2D eigenvalue weighted by Gasteiger charge is 2.45. The van der Waals surface area contributed by atoms with Crippen molar-refractivity contribution in [2.24, 2.45) is 0 Å². The lowest BCUT2D eigenvalue weighted by Crippen LogP contribution is -2.65. The molecule has 4 N–H and O–H groups in total. The second kappa shape index (κ2) is 6.44. The molecule has 0 bridgehead atoms. The van der Waals surface area contributed by atoms with Crippen LogP contribution in [0.15, 0.2) is 0 Å². The van der Waals surface area contributed by atoms with Crippen LogP contribution in [-0.2, 0) is 14.3 Å². The summed E-state index contributed by atoms with van der Waals surface area (Å²) in [6.45, 7) is 4.40. The Morgan fingerprint density at radius 3 is 2.50 bits per heavy atom. The van der Waals surface area contributed by atoms with Gasteiger partial charge < -0.3 is 30.1 Å². The number of nitrogens with one attached hydrogen (secondary N) is 1. The first-order valence-corrected chi connectivity index (χ1v) is 5.91. The standard InChI is InChI=1S/C11H21NO6/c1-5(2)17-10-8(12-6(3)14)11(16)18-7(4-13)9(10)15/h5,7-11,13,15-16H,4H2,1-3H3,(H,12,14)/t7-,8-,9-,10-,11+/m1/s1. The fraction of sp³-hybridized carbons (Fsp3) is 0.909. The fourth-order valence-corrected chi connectivity index (χ4v) is 1.95. The molecule has 1 saturated heterocycles. The molecule has 0 saturated carbocycles. The van der Waals surface area contributed by atoms with Gasteiger partial charge in [-0.05, 0) is 13.8 Å². The Morgan fingerprint density at radius 2 is 2.06 bits per heavy atom. The van der Waals surface area contributed by atoms with Gasteiger partial charge in [-0.25, -0.2) is 0 Å². The number of carbonyl (C=O) groups excluding carboxylic acids is 1. The maximum atomic E-state index is 11.1. The van der Waals surface area contributed by atoms with E-state index < -0.39 is 37.3 Å². The van der Waals surface area contributed by atoms with Crippen molar-refractivity contribution in [1.29, 1.82) is 0 Å². The molecule has 106 valence electrons. The molecular weight excluding hydrogens is 242 g/mol. The van der Waals surface area contributed by atoms with Crippen LogP contribution in [0.25, 0.3) is 0 Å². The molecule has 0 unspecified atom stereocenters. The number of rotatable bonds is 4. The Kier molecular flexibility index (Phi) is 5.48. The van der Waals surface area contributed by atoms with Gasteiger partial charge >= 0.3 is 0 Å². The van der Waals surface area contributed by atoms with E-state index in [1.807, 2.05) is 0 Å². The van der Waals surface area contributed by atoms with E-state index in [0.29, 0.717) is 0 Å². The van der Waals surface area contributed by atoms with Gasteiger partial charge in [0.1, 0.15) is 24.4 Å². The van der Waals surface area contributed by atoms with Crippen molar-refractivity contribution >= 4 is 5.91 Å². The first-order valence-electron chi connectivity index (χ1n) is 5.91. The smallest absolute Gasteiger partial charge is 0.217 e. The van der Waals surface area contributed by atoms with Crippen LogP contribution in [0.2, 0.25) is 0 Å². The van der Waals surface area contributed by atoms with Crippen molar-refractivity contribution in [2.45, 2.75) is 57.5 Å². The van der Waals surface area contributed by atoms with E-state index in [-0.39, 0.29) is 12.0 Å². The largest absolute Gasteiger partial charge is 0.394 e. The Labute approximate surface area is 106 Å². The maximum Gasteiger partial charge on any atom is 0.217 e. The first kappa shape index (κ1) is 15.3. The zero-order valence-corrected chi connectivity index (χ0v) is 10.7. The Hall–Kier alpha value is -0.730. The van der Waals surface area contributed by atoms with Crippen LogP contribution in [0.3, 0.4) is 0 Å². The number of aliphatic hydroxyl groups is 3. The van der Waals surface area contributed by atoms with Crippen molar-refractivity contribution in [2.75, 3.05) is 6.61 Å². The molecule has 0 spiro atoms. The van der Waals surface area contributed by atoms with E-state index >= 15 is 0 Å². The quantitative estimate of drug-likeness (QED) is 0.484. The summed E-state index contributed by atoms with van der Waals surface area (Å²) < 4.78 is 10.5. The average Bonchev–Trinajstić information content (AvgIpc) is 2.27. The van der Waals surface area contributed by atoms with Crippen LogP contribution < -0.4 is 5.32 Å². The van der Waals surface area contributed by atoms with E-state index in [9.17, 15) is 15.0 Å². The number of carbonyl (C=O) groups is 1. The van der Waals surface area contributed by atoms with Crippen LogP contribution in [0, 0.1) is 0 Å². The second-order valence-corrected chi connectivity index (χ2v) is 4.61. The molecule has 7 heteroatoms. The predicted molar refractivity (Wildman–Crippen MR) is 61.6 cm³/mol. The highest BCUT2D eigenvalue weighted by atomic mass is 16.6. The molecule has 0 aromatic rings. The third-order valence-corrected chi connectivity index (χ3v) is 2.67. The molecule has 18 heavy (non-hydrogen) atoms. The molecule has 5 atom stereocenters. The Bertz CT molecular complexity index is 285. The summed E-state index contributed by atoms with van der Waals surface area (Å²) in [5.41, 5.74) is 0. The lowest BCUT2D eigenvalue weighted by molar-refractivity contribution is -0.266. The van der Waals surface area contributed by atoms with Crippen LogP contribution >= 0.6 is 0 Å². The average molecular weight is 263 g/mol. The van der Waals surface area contributed by atoms with Crippen molar-refractivity contribution in [1.82, 2.24) is 5.32 Å². The zero-order chi connectivity index (χ0) is 13.9. The molecule has 0 radical (unpaired) electrons. The van der Waals surface area contributed by atoms with Gasteiger partial charge in [-0.15, -0.1) is 0 Å². The molecule has 0 aromatic heterocycles. The molecule has 1 fully saturated rings. The summed E-state index contributed by atoms with van der Waals surface area (Å²) in [7, 11) is 0. The van der Waals surface area contributed by atoms with Gasteiger partial charge in [-0.2, -0.15) is 0 Å². The minimum absolute atomic E-state index is 0.203. The van der Waals surface area contributed by atoms with Crippen molar-refractivity contribution < 1.29 is 29.6 Å². The minimum Gasteiger partial charge on any atom is -0.394 e. The van der Waals surface area contributed by atoms with Gasteiger partial charge in [0.15, 0.2) is 6.29 Å². The summed E-state index contributed by atoms with van der Waals surface area (Å²) in [6.07, 6.45) is -4.44. The first-order chi connectivity index (χ1) is 8.36. The normalized spacial score (nSPS) is 36.7. The number of hydrogen-bond acceptors (Lipinski definition) is 6. The topological polar surface area (TPSA) is 108 Å². The molecule has 1 amide bonds. The summed E-state index contributed by atoms with van der Waals surface area (Å²) in [5.74, 6) is -0.366. The van der Waals surface area contributed by atoms with E-state index in [1.165, 1.54) is 6.92 Å². The monoisotopic (exact) mass is 263 g/mol. The fourth-order valence-electron chi connectivity index (χ4n) is 1.95. The van der Waals surface area contributed by atoms with E-state index in [4.69, 9.17) is 14.6 Å². The van der Waals surface area contributed by atoms with Crippen molar-refractivity contribution in [3.63, 3.8) is 0 Å². The van der Waals surface area contributed by atoms with Crippen LogP contribution in [0.1, 0.15) is 20.8 Å². The lowest BCUT2D eigenvalue weighted by Gasteiger charge is -2.43. The third-order valence-electron chi connectivity index (χ3n) is 2.67. The Balaban J connectivity index is 2.86. The van der Waals surface area contributed by atoms with Gasteiger partial charge in [0.2, 0.25) is 5.91 Å². The van der Waals surface area contributed by atoms with E-state index in [0.717, 1.165) is 0 Å². The molecule has 1 heterocycles. The molecule has 0 aromatic carbocycles. The predicted octanol–water partition coefficient (Wildman–Crippen LogP) is -1.64. The molecule has 7 nitrogen and oxygen atoms in total. The molecular formula is C11H21NO6. The number of ether oxygens (including phenoxy) is 2. The van der Waals surface area contributed by atoms with Gasteiger partial charge in [0.05, 0.1) is 12.7 Å². The van der Waals surface area contributed by atoms with Crippen LogP contribution in [0.4, 0.5) is 0 Å². The Morgan fingerprint density at radius 1 is 1.44 bits per heavy atom. The SMILES string of the molecule is CC(=O)N[C@@H]1[C@@H](OC(C)C)[C@H](O)[C@@H](CO)O[C@@H]1O. The second-order valence-electron chi connectivity index (χ2n) is 4.61. The molecule has 1 rings (SSSR count). The number of hydrogen-bond donors (Lipinski definition) is 4. The lowest BCUT2D eigenvalue weighted by atomic mass is 9.96.